The van der Waals surface area contributed by atoms with Gasteiger partial charge in [0, 0.05) is 65.8 Å². The highest BCUT2D eigenvalue weighted by molar-refractivity contribution is 6.22. The van der Waals surface area contributed by atoms with Crippen LogP contribution in [0.4, 0.5) is 34.1 Å². The molecule has 0 saturated heterocycles. The van der Waals surface area contributed by atoms with Crippen molar-refractivity contribution in [3.8, 4) is 66.8 Å². The van der Waals surface area contributed by atoms with E-state index in [1.54, 1.807) is 0 Å². The van der Waals surface area contributed by atoms with Crippen LogP contribution < -0.4 is 9.80 Å². The predicted octanol–water partition coefficient (Wildman–Crippen LogP) is 31.0. The van der Waals surface area contributed by atoms with Gasteiger partial charge < -0.3 is 18.6 Å². The molecule has 22 rings (SSSR count). The summed E-state index contributed by atoms with van der Waals surface area (Å²) in [5.41, 5.74) is 24.5. The number of fused-ring (bicyclic) bond motifs is 16. The molecule has 0 aliphatic heterocycles. The average molecular weight is 1430 g/mol. The number of nitrogens with zero attached hydrogens (tertiary/aromatic N) is 2. The fourth-order valence-corrected chi connectivity index (χ4v) is 17.2. The smallest absolute Gasteiger partial charge is 0.143 e. The van der Waals surface area contributed by atoms with Crippen LogP contribution in [0, 0.1) is 0 Å². The molecule has 4 heteroatoms. The summed E-state index contributed by atoms with van der Waals surface area (Å²) in [6, 6.07) is 153. The van der Waals surface area contributed by atoms with Gasteiger partial charge in [-0.2, -0.15) is 0 Å². The SMILES string of the molecule is c1ccc(-c2ccc(-c3ccc(N(c4cccc(-c5cc6ccccc6c6ccccc56)c4)c4cc5c6ccccc6oc5c5ccccc45)cc3)cc2)cc1.c1ccc(-c2ccccc2-c2ccc(N(c3ccc(-c4cc5ccccc5c5ccccc45)cc3)c3cc4c5ccccc5oc4c4ccccc34)cc2)cc1. The van der Waals surface area contributed by atoms with Crippen LogP contribution in [0.15, 0.2) is 433 Å². The second kappa shape index (κ2) is 27.7. The molecule has 0 atom stereocenters. The second-order valence-electron chi connectivity index (χ2n) is 28.9. The Balaban J connectivity index is 0.000000141. The van der Waals surface area contributed by atoms with E-state index < -0.39 is 0 Å². The van der Waals surface area contributed by atoms with Crippen molar-refractivity contribution >= 4 is 143 Å². The first-order chi connectivity index (χ1) is 55.5. The first kappa shape index (κ1) is 65.5. The number of para-hydroxylation sites is 2. The zero-order valence-corrected chi connectivity index (χ0v) is 61.1. The van der Waals surface area contributed by atoms with E-state index in [4.69, 9.17) is 8.83 Å². The molecule has 0 fully saturated rings. The Labute approximate surface area is 648 Å². The molecule has 0 unspecified atom stereocenters. The summed E-state index contributed by atoms with van der Waals surface area (Å²) in [4.78, 5) is 4.82. The van der Waals surface area contributed by atoms with Crippen LogP contribution in [0.3, 0.4) is 0 Å². The lowest BCUT2D eigenvalue weighted by Gasteiger charge is -2.28. The second-order valence-corrected chi connectivity index (χ2v) is 28.9. The first-order valence-electron chi connectivity index (χ1n) is 38.3. The normalized spacial score (nSPS) is 11.6. The van der Waals surface area contributed by atoms with E-state index >= 15 is 0 Å². The lowest BCUT2D eigenvalue weighted by molar-refractivity contribution is 0.672. The van der Waals surface area contributed by atoms with Gasteiger partial charge in [-0.15, -0.1) is 0 Å². The van der Waals surface area contributed by atoms with Crippen molar-refractivity contribution in [3.63, 3.8) is 0 Å². The molecule has 2 heterocycles. The lowest BCUT2D eigenvalue weighted by Crippen LogP contribution is -2.10. The standard InChI is InChI=1S/2C54H35NO/c1-2-14-36(15-3-1)42-17-6-7-18-43(42)37-26-30-40(31-27-37)55(52-35-51-48-23-12-13-25-53(48)56-54(51)49-24-11-10-22-47(49)52)41-32-28-38(29-33-41)50-34-39-16-4-5-19-44(39)45-20-8-9-21-46(45)50;1-2-13-36(14-3-1)37-25-27-38(28-26-37)39-29-31-42(32-30-39)55(52-35-51-48-22-10-11-24-53(48)56-54(51)49-23-9-8-21-47(49)52)43-17-12-16-40(33-43)50-34-41-15-4-5-18-44(41)45-19-6-7-20-46(45)50/h2*1-35H. The molecule has 0 radical (unpaired) electrons. The van der Waals surface area contributed by atoms with E-state index in [0.29, 0.717) is 0 Å². The molecular weight excluding hydrogens is 1360 g/mol. The maximum Gasteiger partial charge on any atom is 0.143 e. The van der Waals surface area contributed by atoms with Gasteiger partial charge in [0.25, 0.3) is 0 Å². The monoisotopic (exact) mass is 1430 g/mol. The van der Waals surface area contributed by atoms with E-state index in [-0.39, 0.29) is 0 Å². The highest BCUT2D eigenvalue weighted by Crippen LogP contribution is 2.50. The molecule has 22 aromatic rings. The summed E-state index contributed by atoms with van der Waals surface area (Å²) >= 11 is 0. The van der Waals surface area contributed by atoms with E-state index in [9.17, 15) is 0 Å². The summed E-state index contributed by atoms with van der Waals surface area (Å²) in [6.07, 6.45) is 0. The number of anilines is 6. The van der Waals surface area contributed by atoms with Crippen LogP contribution in [-0.4, -0.2) is 0 Å². The van der Waals surface area contributed by atoms with Gasteiger partial charge >= 0.3 is 0 Å². The number of hydrogen-bond donors (Lipinski definition) is 0. The molecule has 4 nitrogen and oxygen atoms in total. The van der Waals surface area contributed by atoms with Gasteiger partial charge in [-0.25, -0.2) is 0 Å². The van der Waals surface area contributed by atoms with Crippen molar-refractivity contribution in [2.24, 2.45) is 0 Å². The Morgan fingerprint density at radius 3 is 0.920 bits per heavy atom. The molecule has 0 N–H and O–H groups in total. The van der Waals surface area contributed by atoms with Gasteiger partial charge in [-0.05, 0) is 195 Å². The number of hydrogen-bond acceptors (Lipinski definition) is 4. The molecule has 0 saturated carbocycles. The maximum absolute atomic E-state index is 6.55. The van der Waals surface area contributed by atoms with Crippen molar-refractivity contribution < 1.29 is 8.83 Å². The zero-order chi connectivity index (χ0) is 74.0. The molecular formula is C108H70N2O2. The molecule has 112 heavy (non-hydrogen) atoms. The van der Waals surface area contributed by atoms with Crippen molar-refractivity contribution in [1.82, 2.24) is 0 Å². The number of benzene rings is 20. The largest absolute Gasteiger partial charge is 0.455 e. The molecule has 0 spiro atoms. The van der Waals surface area contributed by atoms with Crippen molar-refractivity contribution in [3.05, 3.63) is 425 Å². The van der Waals surface area contributed by atoms with E-state index in [1.807, 2.05) is 12.1 Å². The summed E-state index contributed by atoms with van der Waals surface area (Å²) < 4.78 is 13.1. The van der Waals surface area contributed by atoms with Gasteiger partial charge in [-0.1, -0.05) is 340 Å². The molecule has 0 amide bonds. The number of rotatable bonds is 12. The predicted molar refractivity (Wildman–Crippen MR) is 474 cm³/mol. The Morgan fingerprint density at radius 1 is 0.152 bits per heavy atom. The zero-order valence-electron chi connectivity index (χ0n) is 61.1. The van der Waals surface area contributed by atoms with Crippen molar-refractivity contribution in [2.45, 2.75) is 0 Å². The third-order valence-electron chi connectivity index (χ3n) is 22.5. The summed E-state index contributed by atoms with van der Waals surface area (Å²) in [7, 11) is 0. The fourth-order valence-electron chi connectivity index (χ4n) is 17.2. The molecule has 20 aromatic carbocycles. The third-order valence-corrected chi connectivity index (χ3v) is 22.5. The van der Waals surface area contributed by atoms with Gasteiger partial charge in [-0.3, -0.25) is 0 Å². The van der Waals surface area contributed by atoms with Crippen LogP contribution in [-0.2, 0) is 0 Å². The molecule has 0 aliphatic carbocycles. The van der Waals surface area contributed by atoms with E-state index in [0.717, 1.165) is 99.5 Å². The Bertz CT molecular complexity index is 7350. The van der Waals surface area contributed by atoms with Gasteiger partial charge in [0.15, 0.2) is 0 Å². The minimum atomic E-state index is 0.893. The van der Waals surface area contributed by atoms with Crippen LogP contribution in [0.25, 0.3) is 175 Å². The molecule has 524 valence electrons. The topological polar surface area (TPSA) is 32.8 Å². The average Bonchev–Trinajstić information content (AvgIpc) is 1.44. The highest BCUT2D eigenvalue weighted by atomic mass is 16.3. The summed E-state index contributed by atoms with van der Waals surface area (Å²) in [5, 5.41) is 18.9. The van der Waals surface area contributed by atoms with Crippen LogP contribution in [0.5, 0.6) is 0 Å². The van der Waals surface area contributed by atoms with Crippen molar-refractivity contribution in [1.29, 1.82) is 0 Å². The van der Waals surface area contributed by atoms with Gasteiger partial charge in [0.1, 0.15) is 22.3 Å². The molecule has 2 aromatic heterocycles. The lowest BCUT2D eigenvalue weighted by atomic mass is 9.93. The quantitative estimate of drug-likeness (QED) is 0.114. The van der Waals surface area contributed by atoms with Crippen LogP contribution >= 0.6 is 0 Å². The van der Waals surface area contributed by atoms with Crippen LogP contribution in [0.1, 0.15) is 0 Å². The Morgan fingerprint density at radius 2 is 0.455 bits per heavy atom. The molecule has 0 aliphatic rings. The van der Waals surface area contributed by atoms with E-state index in [1.165, 1.54) is 110 Å². The minimum Gasteiger partial charge on any atom is -0.455 e. The Kier molecular flexibility index (Phi) is 16.2. The van der Waals surface area contributed by atoms with E-state index in [2.05, 4.69) is 422 Å². The highest BCUT2D eigenvalue weighted by Gasteiger charge is 2.25. The fraction of sp³-hybridized carbons (Fsp3) is 0. The van der Waals surface area contributed by atoms with Crippen molar-refractivity contribution in [2.75, 3.05) is 9.80 Å². The summed E-state index contributed by atoms with van der Waals surface area (Å²) in [5.74, 6) is 0. The first-order valence-corrected chi connectivity index (χ1v) is 38.3. The Hall–Kier alpha value is -14.8. The molecule has 0 bridgehead atoms. The minimum absolute atomic E-state index is 0.893. The summed E-state index contributed by atoms with van der Waals surface area (Å²) in [6.45, 7) is 0. The number of furan rings is 2. The maximum atomic E-state index is 6.55. The van der Waals surface area contributed by atoms with Gasteiger partial charge in [0.2, 0.25) is 0 Å². The van der Waals surface area contributed by atoms with Gasteiger partial charge in [0.05, 0.1) is 11.4 Å². The third kappa shape index (κ3) is 11.6. The van der Waals surface area contributed by atoms with Crippen LogP contribution in [0.2, 0.25) is 0 Å².